The highest BCUT2D eigenvalue weighted by Crippen LogP contribution is 2.57. The van der Waals surface area contributed by atoms with Crippen LogP contribution in [-0.4, -0.2) is 17.8 Å². The van der Waals surface area contributed by atoms with E-state index in [2.05, 4.69) is 4.40 Å². The van der Waals surface area contributed by atoms with Crippen molar-refractivity contribution in [2.45, 2.75) is 24.3 Å². The number of halogens is 5. The van der Waals surface area contributed by atoms with E-state index in [0.717, 1.165) is 0 Å². The summed E-state index contributed by atoms with van der Waals surface area (Å²) in [6.07, 6.45) is -4.97. The van der Waals surface area contributed by atoms with Crippen LogP contribution in [0, 0.1) is 6.92 Å². The molecule has 1 aliphatic rings. The van der Waals surface area contributed by atoms with Crippen LogP contribution in [0.4, 0.5) is 13.2 Å². The number of hydrogen-bond acceptors (Lipinski definition) is 3. The molecule has 0 radical (unpaired) electrons. The van der Waals surface area contributed by atoms with Gasteiger partial charge in [-0.05, 0) is 65.9 Å². The van der Waals surface area contributed by atoms with E-state index in [0.29, 0.717) is 28.6 Å². The van der Waals surface area contributed by atoms with Crippen molar-refractivity contribution in [3.05, 3.63) is 68.7 Å². The molecule has 0 spiro atoms. The fourth-order valence-corrected chi connectivity index (χ4v) is 4.46. The zero-order valence-electron chi connectivity index (χ0n) is 13.9. The molecule has 2 aromatic rings. The predicted molar refractivity (Wildman–Crippen MR) is 103 cm³/mol. The largest absolute Gasteiger partial charge is 0.409 e. The van der Waals surface area contributed by atoms with Crippen molar-refractivity contribution in [2.75, 3.05) is 0 Å². The summed E-state index contributed by atoms with van der Waals surface area (Å²) in [6.45, 7) is 1.67. The number of rotatable bonds is 3. The van der Waals surface area contributed by atoms with E-state index < -0.39 is 16.8 Å². The summed E-state index contributed by atoms with van der Waals surface area (Å²) in [5, 5.41) is 0.244. The lowest BCUT2D eigenvalue weighted by Gasteiger charge is -2.30. The van der Waals surface area contributed by atoms with Crippen LogP contribution in [0.3, 0.4) is 0 Å². The van der Waals surface area contributed by atoms with Gasteiger partial charge >= 0.3 is 6.18 Å². The highest BCUT2D eigenvalue weighted by Gasteiger charge is 2.60. The minimum Gasteiger partial charge on any atom is -0.366 e. The Morgan fingerprint density at radius 2 is 1.81 bits per heavy atom. The van der Waals surface area contributed by atoms with E-state index in [1.54, 1.807) is 19.1 Å². The monoisotopic (exact) mass is 432 g/mol. The van der Waals surface area contributed by atoms with Crippen LogP contribution in [0.5, 0.6) is 0 Å². The van der Waals surface area contributed by atoms with E-state index in [1.165, 1.54) is 24.3 Å². The quantitative estimate of drug-likeness (QED) is 0.632. The van der Waals surface area contributed by atoms with Crippen molar-refractivity contribution in [2.24, 2.45) is 10.1 Å². The second-order valence-corrected chi connectivity index (χ2v) is 8.12. The maximum Gasteiger partial charge on any atom is 0.409 e. The number of nitrogens with zero attached hydrogens (tertiary/aromatic N) is 1. The van der Waals surface area contributed by atoms with Crippen molar-refractivity contribution >= 4 is 46.8 Å². The number of primary amides is 1. The molecule has 3 rings (SSSR count). The summed E-state index contributed by atoms with van der Waals surface area (Å²) in [7, 11) is 0. The Morgan fingerprint density at radius 1 is 1.19 bits per heavy atom. The molecule has 1 amide bonds. The first-order chi connectivity index (χ1) is 12.5. The minimum absolute atomic E-state index is 0.0540. The first-order valence-electron chi connectivity index (χ1n) is 7.73. The third kappa shape index (κ3) is 3.68. The Balaban J connectivity index is 2.02. The van der Waals surface area contributed by atoms with Gasteiger partial charge in [0.2, 0.25) is 5.91 Å². The van der Waals surface area contributed by atoms with E-state index >= 15 is 0 Å². The van der Waals surface area contributed by atoms with Crippen LogP contribution in [-0.2, 0) is 4.75 Å². The Kier molecular flexibility index (Phi) is 5.22. The highest BCUT2D eigenvalue weighted by atomic mass is 35.5. The number of aryl methyl sites for hydroxylation is 1. The number of benzene rings is 2. The third-order valence-corrected chi connectivity index (χ3v) is 6.01. The van der Waals surface area contributed by atoms with Gasteiger partial charge in [0.15, 0.2) is 4.75 Å². The summed E-state index contributed by atoms with van der Waals surface area (Å²) in [6, 6.07) is 8.54. The molecule has 2 N–H and O–H groups in total. The standard InChI is InChI=1S/C18H13Cl2F3N2OS/c1-9-4-10(2-3-14(9)16(24)26)15-8-17(27-25-15,18(21,22)23)11-5-12(19)7-13(20)6-11/h2-7H,8H2,1H3,(H2,24,26)/t17-/m0/s1. The summed E-state index contributed by atoms with van der Waals surface area (Å²) < 4.78 is 44.0. The van der Waals surface area contributed by atoms with E-state index in [4.69, 9.17) is 28.9 Å². The molecule has 1 atom stereocenters. The molecule has 0 saturated heterocycles. The number of nitrogens with two attached hydrogens (primary N) is 1. The zero-order valence-corrected chi connectivity index (χ0v) is 16.2. The van der Waals surface area contributed by atoms with Gasteiger partial charge in [-0.25, -0.2) is 4.40 Å². The van der Waals surface area contributed by atoms with Gasteiger partial charge in [-0.3, -0.25) is 4.79 Å². The van der Waals surface area contributed by atoms with Gasteiger partial charge in [0, 0.05) is 22.0 Å². The van der Waals surface area contributed by atoms with Crippen LogP contribution in [0.25, 0.3) is 0 Å². The van der Waals surface area contributed by atoms with Gasteiger partial charge < -0.3 is 5.73 Å². The second kappa shape index (κ2) is 7.04. The smallest absolute Gasteiger partial charge is 0.366 e. The zero-order chi connectivity index (χ0) is 20.0. The van der Waals surface area contributed by atoms with Gasteiger partial charge in [0.1, 0.15) is 0 Å². The Bertz CT molecular complexity index is 942. The number of carbonyl (C=O) groups is 1. The van der Waals surface area contributed by atoms with Crippen LogP contribution in [0.1, 0.15) is 33.5 Å². The third-order valence-electron chi connectivity index (χ3n) is 4.34. The molecule has 0 fully saturated rings. The SMILES string of the molecule is Cc1cc(C2=NS[C@@](c3cc(Cl)cc(Cl)c3)(C(F)(F)F)C2)ccc1C(N)=O. The molecule has 142 valence electrons. The lowest BCUT2D eigenvalue weighted by atomic mass is 9.89. The van der Waals surface area contributed by atoms with Gasteiger partial charge in [0.25, 0.3) is 0 Å². The second-order valence-electron chi connectivity index (χ2n) is 6.18. The van der Waals surface area contributed by atoms with Crippen molar-refractivity contribution < 1.29 is 18.0 Å². The van der Waals surface area contributed by atoms with Crippen LogP contribution >= 0.6 is 35.1 Å². The van der Waals surface area contributed by atoms with Crippen LogP contribution in [0.2, 0.25) is 10.0 Å². The van der Waals surface area contributed by atoms with Gasteiger partial charge in [-0.1, -0.05) is 29.3 Å². The molecule has 2 aromatic carbocycles. The van der Waals surface area contributed by atoms with Gasteiger partial charge in [-0.2, -0.15) is 13.2 Å². The van der Waals surface area contributed by atoms with Crippen LogP contribution < -0.4 is 5.73 Å². The molecule has 0 saturated carbocycles. The maximum absolute atomic E-state index is 14.1. The maximum atomic E-state index is 14.1. The first kappa shape index (κ1) is 20.0. The molecule has 1 aliphatic heterocycles. The molecular weight excluding hydrogens is 420 g/mol. The Morgan fingerprint density at radius 3 is 2.33 bits per heavy atom. The number of alkyl halides is 3. The normalized spacial score (nSPS) is 19.9. The lowest BCUT2D eigenvalue weighted by Crippen LogP contribution is -2.38. The minimum atomic E-state index is -4.58. The van der Waals surface area contributed by atoms with Gasteiger partial charge in [-0.15, -0.1) is 0 Å². The fourth-order valence-electron chi connectivity index (χ4n) is 2.97. The van der Waals surface area contributed by atoms with Crippen molar-refractivity contribution in [3.8, 4) is 0 Å². The number of hydrogen-bond donors (Lipinski definition) is 1. The predicted octanol–water partition coefficient (Wildman–Crippen LogP) is 5.70. The average molecular weight is 433 g/mol. The molecule has 3 nitrogen and oxygen atoms in total. The van der Waals surface area contributed by atoms with Crippen molar-refractivity contribution in [1.29, 1.82) is 0 Å². The highest BCUT2D eigenvalue weighted by molar-refractivity contribution is 7.99. The molecular formula is C18H13Cl2F3N2OS. The van der Waals surface area contributed by atoms with Crippen LogP contribution in [0.15, 0.2) is 40.8 Å². The average Bonchev–Trinajstić information content (AvgIpc) is 3.00. The molecule has 0 bridgehead atoms. The summed E-state index contributed by atoms with van der Waals surface area (Å²) >= 11 is 12.3. The Labute approximate surface area is 167 Å². The Hall–Kier alpha value is -1.70. The molecule has 1 heterocycles. The summed E-state index contributed by atoms with van der Waals surface area (Å²) in [5.74, 6) is -0.597. The number of amides is 1. The first-order valence-corrected chi connectivity index (χ1v) is 9.25. The van der Waals surface area contributed by atoms with Crippen molar-refractivity contribution in [1.82, 2.24) is 0 Å². The summed E-state index contributed by atoms with van der Waals surface area (Å²) in [4.78, 5) is 11.4. The number of carbonyl (C=O) groups excluding carboxylic acids is 1. The fraction of sp³-hybridized carbons (Fsp3) is 0.222. The molecule has 27 heavy (non-hydrogen) atoms. The molecule has 9 heteroatoms. The van der Waals surface area contributed by atoms with E-state index in [-0.39, 0.29) is 27.7 Å². The molecule has 0 unspecified atom stereocenters. The topological polar surface area (TPSA) is 55.4 Å². The lowest BCUT2D eigenvalue weighted by molar-refractivity contribution is -0.159. The molecule has 0 aromatic heterocycles. The van der Waals surface area contributed by atoms with Crippen molar-refractivity contribution in [3.63, 3.8) is 0 Å². The van der Waals surface area contributed by atoms with E-state index in [9.17, 15) is 18.0 Å². The van der Waals surface area contributed by atoms with E-state index in [1.807, 2.05) is 0 Å². The molecule has 0 aliphatic carbocycles. The van der Waals surface area contributed by atoms with Gasteiger partial charge in [0.05, 0.1) is 5.71 Å². The summed E-state index contributed by atoms with van der Waals surface area (Å²) in [5.41, 5.74) is 6.88.